The van der Waals surface area contributed by atoms with Crippen molar-refractivity contribution in [2.24, 2.45) is 5.73 Å². The van der Waals surface area contributed by atoms with Crippen molar-refractivity contribution >= 4 is 5.78 Å². The van der Waals surface area contributed by atoms with Crippen LogP contribution in [0.3, 0.4) is 0 Å². The topological polar surface area (TPSA) is 83.6 Å². The van der Waals surface area contributed by atoms with Crippen LogP contribution < -0.4 is 5.73 Å². The number of hydrogen-bond donors (Lipinski definition) is 3. The molecule has 0 rings (SSSR count). The second-order valence-electron chi connectivity index (χ2n) is 3.18. The fourth-order valence-corrected chi connectivity index (χ4v) is 1.07. The van der Waals surface area contributed by atoms with Crippen molar-refractivity contribution in [2.45, 2.75) is 38.2 Å². The number of hydrogen-bond acceptors (Lipinski definition) is 4. The van der Waals surface area contributed by atoms with Crippen molar-refractivity contribution in [3.05, 3.63) is 0 Å². The van der Waals surface area contributed by atoms with Gasteiger partial charge in [0.2, 0.25) is 0 Å². The van der Waals surface area contributed by atoms with E-state index in [9.17, 15) is 4.79 Å². The van der Waals surface area contributed by atoms with Crippen LogP contribution in [0.2, 0.25) is 0 Å². The van der Waals surface area contributed by atoms with E-state index in [1.807, 2.05) is 0 Å². The summed E-state index contributed by atoms with van der Waals surface area (Å²) in [6, 6.07) is 0. The van der Waals surface area contributed by atoms with E-state index in [0.717, 1.165) is 19.3 Å². The van der Waals surface area contributed by atoms with Crippen LogP contribution >= 0.6 is 0 Å². The lowest BCUT2D eigenvalue weighted by Gasteiger charge is -2.05. The molecule has 0 spiro atoms. The average Bonchev–Trinajstić information content (AvgIpc) is 2.12. The molecule has 0 saturated carbocycles. The van der Waals surface area contributed by atoms with Crippen LogP contribution in [0, 0.1) is 0 Å². The van der Waals surface area contributed by atoms with Gasteiger partial charge in [0.15, 0.2) is 0 Å². The zero-order valence-corrected chi connectivity index (χ0v) is 7.91. The van der Waals surface area contributed by atoms with Crippen LogP contribution in [0.4, 0.5) is 0 Å². The standard InChI is InChI=1S/C9H19NO3/c10-5-3-1-2-4-8(12)6-9(13)7-11/h9,11,13H,1-7,10H2. The van der Waals surface area contributed by atoms with Crippen LogP contribution in [-0.4, -0.2) is 35.3 Å². The third-order valence-electron chi connectivity index (χ3n) is 1.83. The molecule has 0 aliphatic carbocycles. The molecule has 0 heterocycles. The highest BCUT2D eigenvalue weighted by atomic mass is 16.3. The molecule has 0 aliphatic heterocycles. The third kappa shape index (κ3) is 7.90. The Kier molecular flexibility index (Phi) is 7.88. The summed E-state index contributed by atoms with van der Waals surface area (Å²) in [7, 11) is 0. The lowest BCUT2D eigenvalue weighted by Crippen LogP contribution is -2.17. The highest BCUT2D eigenvalue weighted by molar-refractivity contribution is 5.78. The summed E-state index contributed by atoms with van der Waals surface area (Å²) in [5.41, 5.74) is 5.29. The van der Waals surface area contributed by atoms with Gasteiger partial charge in [0.05, 0.1) is 12.7 Å². The Bertz CT molecular complexity index is 139. The minimum absolute atomic E-state index is 0.0126. The van der Waals surface area contributed by atoms with Crippen LogP contribution in [0.5, 0.6) is 0 Å². The van der Waals surface area contributed by atoms with Crippen LogP contribution in [-0.2, 0) is 4.79 Å². The molecular formula is C9H19NO3. The van der Waals surface area contributed by atoms with Gasteiger partial charge in [-0.1, -0.05) is 6.42 Å². The summed E-state index contributed by atoms with van der Waals surface area (Å²) in [4.78, 5) is 11.1. The number of aliphatic hydroxyl groups is 2. The Balaban J connectivity index is 3.30. The van der Waals surface area contributed by atoms with Crippen molar-refractivity contribution in [3.63, 3.8) is 0 Å². The Morgan fingerprint density at radius 3 is 2.54 bits per heavy atom. The number of carbonyl (C=O) groups is 1. The number of nitrogens with two attached hydrogens (primary N) is 1. The highest BCUT2D eigenvalue weighted by Crippen LogP contribution is 2.03. The summed E-state index contributed by atoms with van der Waals surface area (Å²) in [6.07, 6.45) is 2.39. The number of Topliss-reactive ketones (excluding diaryl/α,β-unsaturated/α-hetero) is 1. The van der Waals surface area contributed by atoms with Crippen LogP contribution in [0.15, 0.2) is 0 Å². The molecule has 0 aromatic rings. The zero-order chi connectivity index (χ0) is 10.1. The minimum Gasteiger partial charge on any atom is -0.394 e. The average molecular weight is 189 g/mol. The van der Waals surface area contributed by atoms with Gasteiger partial charge in [0.25, 0.3) is 0 Å². The number of unbranched alkanes of at least 4 members (excludes halogenated alkanes) is 2. The molecule has 13 heavy (non-hydrogen) atoms. The van der Waals surface area contributed by atoms with Crippen molar-refractivity contribution < 1.29 is 15.0 Å². The van der Waals surface area contributed by atoms with Gasteiger partial charge in [0.1, 0.15) is 5.78 Å². The Hall–Kier alpha value is -0.450. The van der Waals surface area contributed by atoms with Crippen molar-refractivity contribution in [2.75, 3.05) is 13.2 Å². The lowest BCUT2D eigenvalue weighted by molar-refractivity contribution is -0.121. The van der Waals surface area contributed by atoms with Gasteiger partial charge in [-0.2, -0.15) is 0 Å². The van der Waals surface area contributed by atoms with E-state index in [4.69, 9.17) is 15.9 Å². The highest BCUT2D eigenvalue weighted by Gasteiger charge is 2.08. The Labute approximate surface area is 78.7 Å². The van der Waals surface area contributed by atoms with E-state index in [0.29, 0.717) is 13.0 Å². The normalized spacial score (nSPS) is 12.8. The molecule has 78 valence electrons. The van der Waals surface area contributed by atoms with Gasteiger partial charge in [0, 0.05) is 12.8 Å². The molecular weight excluding hydrogens is 170 g/mol. The first-order valence-electron chi connectivity index (χ1n) is 4.71. The van der Waals surface area contributed by atoms with Gasteiger partial charge >= 0.3 is 0 Å². The summed E-state index contributed by atoms with van der Waals surface area (Å²) in [6.45, 7) is 0.321. The molecule has 0 fully saturated rings. The largest absolute Gasteiger partial charge is 0.394 e. The summed E-state index contributed by atoms with van der Waals surface area (Å²) < 4.78 is 0. The second-order valence-corrected chi connectivity index (χ2v) is 3.18. The van der Waals surface area contributed by atoms with Crippen LogP contribution in [0.25, 0.3) is 0 Å². The molecule has 1 unspecified atom stereocenters. The summed E-state index contributed by atoms with van der Waals surface area (Å²) >= 11 is 0. The zero-order valence-electron chi connectivity index (χ0n) is 7.91. The quantitative estimate of drug-likeness (QED) is 0.462. The smallest absolute Gasteiger partial charge is 0.135 e. The predicted molar refractivity (Wildman–Crippen MR) is 50.2 cm³/mol. The number of rotatable bonds is 8. The molecule has 0 amide bonds. The first-order chi connectivity index (χ1) is 6.20. The molecule has 4 N–H and O–H groups in total. The summed E-state index contributed by atoms with van der Waals surface area (Å²) in [5, 5.41) is 17.4. The predicted octanol–water partition coefficient (Wildman–Crippen LogP) is -0.182. The van der Waals surface area contributed by atoms with Crippen molar-refractivity contribution in [1.82, 2.24) is 0 Å². The van der Waals surface area contributed by atoms with E-state index in [2.05, 4.69) is 0 Å². The molecule has 0 saturated heterocycles. The lowest BCUT2D eigenvalue weighted by atomic mass is 10.1. The minimum atomic E-state index is -0.887. The SMILES string of the molecule is NCCCCCC(=O)CC(O)CO. The van der Waals surface area contributed by atoms with Crippen molar-refractivity contribution in [1.29, 1.82) is 0 Å². The van der Waals surface area contributed by atoms with Crippen molar-refractivity contribution in [3.8, 4) is 0 Å². The molecule has 4 heteroatoms. The first kappa shape index (κ1) is 12.6. The fourth-order valence-electron chi connectivity index (χ4n) is 1.07. The van der Waals surface area contributed by atoms with E-state index in [1.165, 1.54) is 0 Å². The summed E-state index contributed by atoms with van der Waals surface area (Å²) in [5.74, 6) is 0.0126. The van der Waals surface area contributed by atoms with E-state index >= 15 is 0 Å². The Morgan fingerprint density at radius 2 is 2.00 bits per heavy atom. The maximum atomic E-state index is 11.1. The monoisotopic (exact) mass is 189 g/mol. The molecule has 0 aromatic heterocycles. The van der Waals surface area contributed by atoms with Crippen LogP contribution in [0.1, 0.15) is 32.1 Å². The number of carbonyl (C=O) groups excluding carboxylic acids is 1. The Morgan fingerprint density at radius 1 is 1.31 bits per heavy atom. The molecule has 0 bridgehead atoms. The van der Waals surface area contributed by atoms with E-state index < -0.39 is 6.10 Å². The number of aliphatic hydroxyl groups excluding tert-OH is 2. The van der Waals surface area contributed by atoms with Gasteiger partial charge in [-0.05, 0) is 19.4 Å². The maximum absolute atomic E-state index is 11.1. The maximum Gasteiger partial charge on any atom is 0.135 e. The van der Waals surface area contributed by atoms with Gasteiger partial charge < -0.3 is 15.9 Å². The van der Waals surface area contributed by atoms with E-state index in [-0.39, 0.29) is 18.8 Å². The molecule has 4 nitrogen and oxygen atoms in total. The van der Waals surface area contributed by atoms with Gasteiger partial charge in [-0.3, -0.25) is 4.79 Å². The molecule has 0 aromatic carbocycles. The molecule has 1 atom stereocenters. The second kappa shape index (κ2) is 8.16. The first-order valence-corrected chi connectivity index (χ1v) is 4.71. The molecule has 0 aliphatic rings. The van der Waals surface area contributed by atoms with Gasteiger partial charge in [-0.25, -0.2) is 0 Å². The number of ketones is 1. The fraction of sp³-hybridized carbons (Fsp3) is 0.889. The van der Waals surface area contributed by atoms with E-state index in [1.54, 1.807) is 0 Å². The van der Waals surface area contributed by atoms with Gasteiger partial charge in [-0.15, -0.1) is 0 Å². The third-order valence-corrected chi connectivity index (χ3v) is 1.83. The molecule has 0 radical (unpaired) electrons.